The van der Waals surface area contributed by atoms with E-state index in [1.165, 1.54) is 0 Å². The first kappa shape index (κ1) is 19.9. The molecule has 0 aliphatic carbocycles. The minimum atomic E-state index is -0.381. The first-order chi connectivity index (χ1) is 12.1. The summed E-state index contributed by atoms with van der Waals surface area (Å²) in [6, 6.07) is 13.0. The van der Waals surface area contributed by atoms with Gasteiger partial charge < -0.3 is 19.5 Å². The van der Waals surface area contributed by atoms with Crippen molar-refractivity contribution in [2.24, 2.45) is 0 Å². The van der Waals surface area contributed by atoms with Crippen molar-refractivity contribution in [2.45, 2.75) is 19.1 Å². The summed E-state index contributed by atoms with van der Waals surface area (Å²) in [6.07, 6.45) is -0.606. The molecule has 0 aromatic heterocycles. The smallest absolute Gasteiger partial charge is 0.162 e. The van der Waals surface area contributed by atoms with Crippen LogP contribution in [0.15, 0.2) is 42.5 Å². The third-order valence-corrected chi connectivity index (χ3v) is 4.46. The zero-order valence-corrected chi connectivity index (χ0v) is 16.1. The maximum absolute atomic E-state index is 6.29. The van der Waals surface area contributed by atoms with Crippen LogP contribution in [-0.2, 0) is 4.74 Å². The quantitative estimate of drug-likeness (QED) is 0.678. The second kappa shape index (κ2) is 9.88. The molecule has 2 atom stereocenters. The van der Waals surface area contributed by atoms with Gasteiger partial charge in [0.15, 0.2) is 17.6 Å². The van der Waals surface area contributed by atoms with Gasteiger partial charge in [-0.15, -0.1) is 0 Å². The van der Waals surface area contributed by atoms with E-state index in [4.69, 9.17) is 37.4 Å². The SMILES string of the molecule is CCOc1ccccc1OC(c1ccc(Cl)c(Cl)c1)C(CNC)OC. The van der Waals surface area contributed by atoms with Crippen molar-refractivity contribution in [3.05, 3.63) is 58.1 Å². The van der Waals surface area contributed by atoms with Gasteiger partial charge in [-0.2, -0.15) is 0 Å². The van der Waals surface area contributed by atoms with E-state index >= 15 is 0 Å². The summed E-state index contributed by atoms with van der Waals surface area (Å²) >= 11 is 12.2. The molecule has 0 spiro atoms. The molecule has 0 saturated heterocycles. The van der Waals surface area contributed by atoms with Crippen LogP contribution in [0.1, 0.15) is 18.6 Å². The average Bonchev–Trinajstić information content (AvgIpc) is 2.62. The molecule has 0 bridgehead atoms. The highest BCUT2D eigenvalue weighted by molar-refractivity contribution is 6.42. The predicted molar refractivity (Wildman–Crippen MR) is 102 cm³/mol. The topological polar surface area (TPSA) is 39.7 Å². The summed E-state index contributed by atoms with van der Waals surface area (Å²) in [5.41, 5.74) is 0.878. The van der Waals surface area contributed by atoms with Gasteiger partial charge >= 0.3 is 0 Å². The van der Waals surface area contributed by atoms with Crippen molar-refractivity contribution in [1.82, 2.24) is 5.32 Å². The van der Waals surface area contributed by atoms with Crippen LogP contribution < -0.4 is 14.8 Å². The van der Waals surface area contributed by atoms with E-state index in [0.29, 0.717) is 34.7 Å². The van der Waals surface area contributed by atoms with Crippen LogP contribution in [0.4, 0.5) is 0 Å². The number of methoxy groups -OCH3 is 1. The Labute approximate surface area is 159 Å². The molecule has 0 amide bonds. The van der Waals surface area contributed by atoms with E-state index in [9.17, 15) is 0 Å². The van der Waals surface area contributed by atoms with Crippen LogP contribution in [0.5, 0.6) is 11.5 Å². The number of benzene rings is 2. The molecule has 0 heterocycles. The average molecular weight is 384 g/mol. The van der Waals surface area contributed by atoms with Crippen molar-refractivity contribution in [3.63, 3.8) is 0 Å². The van der Waals surface area contributed by atoms with Crippen LogP contribution in [0.25, 0.3) is 0 Å². The Morgan fingerprint density at radius 3 is 2.36 bits per heavy atom. The molecule has 2 rings (SSSR count). The van der Waals surface area contributed by atoms with Crippen molar-refractivity contribution < 1.29 is 14.2 Å². The normalized spacial score (nSPS) is 13.3. The highest BCUT2D eigenvalue weighted by Crippen LogP contribution is 2.35. The van der Waals surface area contributed by atoms with Gasteiger partial charge in [0.05, 0.1) is 16.7 Å². The summed E-state index contributed by atoms with van der Waals surface area (Å²) in [6.45, 7) is 3.10. The van der Waals surface area contributed by atoms with Gasteiger partial charge in [0.25, 0.3) is 0 Å². The fraction of sp³-hybridized carbons (Fsp3) is 0.368. The zero-order chi connectivity index (χ0) is 18.2. The summed E-state index contributed by atoms with van der Waals surface area (Å²) in [4.78, 5) is 0. The molecule has 25 heavy (non-hydrogen) atoms. The number of hydrogen-bond acceptors (Lipinski definition) is 4. The monoisotopic (exact) mass is 383 g/mol. The van der Waals surface area contributed by atoms with E-state index in [-0.39, 0.29) is 12.2 Å². The van der Waals surface area contributed by atoms with Crippen LogP contribution in [-0.4, -0.2) is 33.4 Å². The van der Waals surface area contributed by atoms with Gasteiger partial charge in [0.2, 0.25) is 0 Å². The molecule has 1 N–H and O–H groups in total. The highest BCUT2D eigenvalue weighted by atomic mass is 35.5. The molecule has 6 heteroatoms. The summed E-state index contributed by atoms with van der Waals surface area (Å²) in [5.74, 6) is 1.34. The van der Waals surface area contributed by atoms with Gasteiger partial charge in [-0.05, 0) is 43.8 Å². The molecule has 2 unspecified atom stereocenters. The van der Waals surface area contributed by atoms with Gasteiger partial charge in [-0.1, -0.05) is 41.4 Å². The van der Waals surface area contributed by atoms with Crippen LogP contribution in [0.3, 0.4) is 0 Å². The molecule has 136 valence electrons. The third kappa shape index (κ3) is 5.25. The lowest BCUT2D eigenvalue weighted by Crippen LogP contribution is -2.34. The largest absolute Gasteiger partial charge is 0.490 e. The van der Waals surface area contributed by atoms with Crippen LogP contribution >= 0.6 is 23.2 Å². The van der Waals surface area contributed by atoms with Gasteiger partial charge in [0.1, 0.15) is 6.10 Å². The molecule has 0 saturated carbocycles. The Balaban J connectivity index is 2.39. The number of para-hydroxylation sites is 2. The molecule has 2 aromatic rings. The highest BCUT2D eigenvalue weighted by Gasteiger charge is 2.26. The van der Waals surface area contributed by atoms with Crippen molar-refractivity contribution in [3.8, 4) is 11.5 Å². The number of likely N-dealkylation sites (N-methyl/N-ethyl adjacent to an activating group) is 1. The minimum Gasteiger partial charge on any atom is -0.490 e. The number of ether oxygens (including phenoxy) is 3. The number of nitrogens with one attached hydrogen (secondary N) is 1. The Kier molecular flexibility index (Phi) is 7.85. The Morgan fingerprint density at radius 2 is 1.76 bits per heavy atom. The Morgan fingerprint density at radius 1 is 1.04 bits per heavy atom. The third-order valence-electron chi connectivity index (χ3n) is 3.72. The molecule has 0 radical (unpaired) electrons. The van der Waals surface area contributed by atoms with E-state index in [0.717, 1.165) is 5.56 Å². The Bertz CT molecular complexity index is 681. The summed E-state index contributed by atoms with van der Waals surface area (Å²) in [5, 5.41) is 4.10. The lowest BCUT2D eigenvalue weighted by atomic mass is 10.0. The van der Waals surface area contributed by atoms with E-state index < -0.39 is 0 Å². The lowest BCUT2D eigenvalue weighted by Gasteiger charge is -2.28. The van der Waals surface area contributed by atoms with E-state index in [1.54, 1.807) is 19.2 Å². The van der Waals surface area contributed by atoms with Crippen LogP contribution in [0, 0.1) is 0 Å². The van der Waals surface area contributed by atoms with Gasteiger partial charge in [0, 0.05) is 13.7 Å². The maximum Gasteiger partial charge on any atom is 0.162 e. The van der Waals surface area contributed by atoms with E-state index in [1.807, 2.05) is 44.3 Å². The molecule has 0 aliphatic rings. The van der Waals surface area contributed by atoms with Crippen LogP contribution in [0.2, 0.25) is 10.0 Å². The minimum absolute atomic E-state index is 0.225. The lowest BCUT2D eigenvalue weighted by molar-refractivity contribution is 0.00139. The molecular formula is C19H23Cl2NO3. The second-order valence-electron chi connectivity index (χ2n) is 5.42. The molecule has 0 aliphatic heterocycles. The second-order valence-corrected chi connectivity index (χ2v) is 6.24. The van der Waals surface area contributed by atoms with Crippen molar-refractivity contribution >= 4 is 23.2 Å². The number of halogens is 2. The number of rotatable bonds is 9. The standard InChI is InChI=1S/C19H23Cl2NO3/c1-4-24-16-7-5-6-8-17(16)25-19(18(23-3)12-22-2)13-9-10-14(20)15(21)11-13/h5-11,18-19,22H,4,12H2,1-3H3. The Hall–Kier alpha value is -1.46. The zero-order valence-electron chi connectivity index (χ0n) is 14.6. The molecule has 0 fully saturated rings. The first-order valence-electron chi connectivity index (χ1n) is 8.11. The van der Waals surface area contributed by atoms with Gasteiger partial charge in [-0.25, -0.2) is 0 Å². The van der Waals surface area contributed by atoms with E-state index in [2.05, 4.69) is 5.32 Å². The fourth-order valence-electron chi connectivity index (χ4n) is 2.52. The number of hydrogen-bond donors (Lipinski definition) is 1. The first-order valence-corrected chi connectivity index (χ1v) is 8.87. The fourth-order valence-corrected chi connectivity index (χ4v) is 2.83. The maximum atomic E-state index is 6.29. The van der Waals surface area contributed by atoms with Crippen molar-refractivity contribution in [1.29, 1.82) is 0 Å². The molecule has 2 aromatic carbocycles. The predicted octanol–water partition coefficient (Wildman–Crippen LogP) is 4.75. The molecule has 4 nitrogen and oxygen atoms in total. The van der Waals surface area contributed by atoms with Crippen molar-refractivity contribution in [2.75, 3.05) is 27.3 Å². The molecular weight excluding hydrogens is 361 g/mol. The summed E-state index contributed by atoms with van der Waals surface area (Å²) in [7, 11) is 3.52. The summed E-state index contributed by atoms with van der Waals surface area (Å²) < 4.78 is 17.6. The van der Waals surface area contributed by atoms with Gasteiger partial charge in [-0.3, -0.25) is 0 Å².